The summed E-state index contributed by atoms with van der Waals surface area (Å²) in [5, 5.41) is 1.70. The Labute approximate surface area is 217 Å². The van der Waals surface area contributed by atoms with Crippen LogP contribution >= 0.6 is 0 Å². The lowest BCUT2D eigenvalue weighted by molar-refractivity contribution is -0.136. The maximum absolute atomic E-state index is 15.1. The predicted molar refractivity (Wildman–Crippen MR) is 129 cm³/mol. The number of imide groups is 1. The van der Waals surface area contributed by atoms with Gasteiger partial charge in [-0.05, 0) is 44.0 Å². The number of halogens is 1. The van der Waals surface area contributed by atoms with Crippen LogP contribution in [0.25, 0.3) is 0 Å². The van der Waals surface area contributed by atoms with Crippen LogP contribution in [0.4, 0.5) is 4.39 Å². The van der Waals surface area contributed by atoms with Crippen LogP contribution in [0.1, 0.15) is 61.9 Å². The number of hydrogen-bond acceptors (Lipinski definition) is 6. The second kappa shape index (κ2) is 9.99. The van der Waals surface area contributed by atoms with Gasteiger partial charge in [0.15, 0.2) is 0 Å². The van der Waals surface area contributed by atoms with Gasteiger partial charge in [-0.3, -0.25) is 24.6 Å². The SMILES string of the molecule is [2H]C1([2H])c2c(OCc3ccc(CN4CC(C)OC(C)C4)cc3F)cccc2C(=O)N1C1C(=O)NC(=O)C([2H])([2H])C1([2H])[2H]. The topological polar surface area (TPSA) is 88.2 Å². The lowest BCUT2D eigenvalue weighted by Gasteiger charge is -2.35. The van der Waals surface area contributed by atoms with Crippen LogP contribution in [0.2, 0.25) is 0 Å². The van der Waals surface area contributed by atoms with E-state index in [0.717, 1.165) is 18.7 Å². The summed E-state index contributed by atoms with van der Waals surface area (Å²) in [7, 11) is 0. The Balaban J connectivity index is 1.37. The number of nitrogens with one attached hydrogen (secondary N) is 1. The first-order valence-corrected chi connectivity index (χ1v) is 11.7. The Kier molecular flexibility index (Phi) is 5.00. The van der Waals surface area contributed by atoms with E-state index >= 15 is 4.39 Å². The summed E-state index contributed by atoms with van der Waals surface area (Å²) in [6, 6.07) is 6.45. The lowest BCUT2D eigenvalue weighted by atomic mass is 10.0. The molecule has 190 valence electrons. The quantitative estimate of drug-likeness (QED) is 0.613. The molecule has 9 heteroatoms. The van der Waals surface area contributed by atoms with Crippen LogP contribution in [0, 0.1) is 5.82 Å². The highest BCUT2D eigenvalue weighted by atomic mass is 19.1. The van der Waals surface area contributed by atoms with Crippen molar-refractivity contribution in [3.05, 3.63) is 64.5 Å². The smallest absolute Gasteiger partial charge is 0.255 e. The number of fused-ring (bicyclic) bond motifs is 1. The summed E-state index contributed by atoms with van der Waals surface area (Å²) in [5.41, 5.74) is 0.387. The van der Waals surface area contributed by atoms with Crippen LogP contribution in [0.3, 0.4) is 0 Å². The zero-order chi connectivity index (χ0) is 30.8. The lowest BCUT2D eigenvalue weighted by Crippen LogP contribution is -2.52. The maximum Gasteiger partial charge on any atom is 0.255 e. The molecule has 1 N–H and O–H groups in total. The molecule has 2 saturated heterocycles. The van der Waals surface area contributed by atoms with E-state index in [2.05, 4.69) is 4.90 Å². The number of morpholine rings is 1. The number of amides is 3. The average Bonchev–Trinajstić information content (AvgIpc) is 3.08. The summed E-state index contributed by atoms with van der Waals surface area (Å²) in [4.78, 5) is 40.6. The highest BCUT2D eigenvalue weighted by molar-refractivity contribution is 6.05. The molecule has 36 heavy (non-hydrogen) atoms. The largest absolute Gasteiger partial charge is 0.488 e. The summed E-state index contributed by atoms with van der Waals surface area (Å²) in [5.74, 6) is -4.63. The van der Waals surface area contributed by atoms with Crippen LogP contribution in [-0.2, 0) is 34.0 Å². The first-order chi connectivity index (χ1) is 19.6. The van der Waals surface area contributed by atoms with Gasteiger partial charge in [0.25, 0.3) is 5.91 Å². The van der Waals surface area contributed by atoms with Crippen molar-refractivity contribution in [1.29, 1.82) is 0 Å². The zero-order valence-electron chi connectivity index (χ0n) is 25.8. The fourth-order valence-corrected chi connectivity index (χ4v) is 4.65. The number of ether oxygens (including phenoxy) is 2. The molecule has 3 atom stereocenters. The van der Waals surface area contributed by atoms with Crippen molar-refractivity contribution in [1.82, 2.24) is 15.1 Å². The van der Waals surface area contributed by atoms with Gasteiger partial charge < -0.3 is 14.4 Å². The van der Waals surface area contributed by atoms with Gasteiger partial charge in [0, 0.05) is 48.2 Å². The minimum absolute atomic E-state index is 0.0676. The molecule has 3 aliphatic heterocycles. The first kappa shape index (κ1) is 18.0. The van der Waals surface area contributed by atoms with Gasteiger partial charge in [0.05, 0.1) is 21.4 Å². The van der Waals surface area contributed by atoms with Gasteiger partial charge in [-0.1, -0.05) is 18.2 Å². The Morgan fingerprint density at radius 2 is 1.94 bits per heavy atom. The molecule has 0 radical (unpaired) electrons. The van der Waals surface area contributed by atoms with Gasteiger partial charge in [-0.15, -0.1) is 0 Å². The summed E-state index contributed by atoms with van der Waals surface area (Å²) >= 11 is 0. The maximum atomic E-state index is 15.1. The fourth-order valence-electron chi connectivity index (χ4n) is 4.65. The Hall–Kier alpha value is -3.30. The van der Waals surface area contributed by atoms with Crippen molar-refractivity contribution < 1.29 is 36.5 Å². The van der Waals surface area contributed by atoms with E-state index in [1.165, 1.54) is 24.3 Å². The molecule has 3 amide bonds. The molecule has 5 rings (SSSR count). The van der Waals surface area contributed by atoms with Gasteiger partial charge in [0.2, 0.25) is 11.8 Å². The van der Waals surface area contributed by atoms with Crippen LogP contribution in [0.5, 0.6) is 5.75 Å². The number of carbonyl (C=O) groups excluding carboxylic acids is 3. The highest BCUT2D eigenvalue weighted by Crippen LogP contribution is 2.34. The molecule has 3 unspecified atom stereocenters. The van der Waals surface area contributed by atoms with E-state index in [1.54, 1.807) is 17.4 Å². The molecule has 2 fully saturated rings. The molecule has 2 aromatic rings. The highest BCUT2D eigenvalue weighted by Gasteiger charge is 2.40. The number of piperidine rings is 1. The molecule has 3 aliphatic rings. The van der Waals surface area contributed by atoms with E-state index in [-0.39, 0.29) is 41.3 Å². The number of rotatable bonds is 6. The monoisotopic (exact) mass is 501 g/mol. The molecule has 0 aliphatic carbocycles. The molecule has 2 aromatic carbocycles. The van der Waals surface area contributed by atoms with Crippen molar-refractivity contribution in [3.8, 4) is 5.75 Å². The van der Waals surface area contributed by atoms with Crippen LogP contribution < -0.4 is 10.1 Å². The Morgan fingerprint density at radius 1 is 1.17 bits per heavy atom. The molecule has 3 heterocycles. The van der Waals surface area contributed by atoms with Gasteiger partial charge in [0.1, 0.15) is 24.2 Å². The second-order valence-electron chi connectivity index (χ2n) is 9.12. The third-order valence-electron chi connectivity index (χ3n) is 6.18. The standard InChI is InChI=1S/C27H30FN3O5/c1-16-11-30(12-17(2)36-16)13-18-6-7-19(22(28)10-18)15-35-24-5-3-4-20-21(24)14-31(27(20)34)23-8-9-25(32)29-26(23)33/h3-7,10,16-17,23H,8-9,11-15H2,1-2H3,(H,29,32,33)/i8D2,9D2,14D2. The molecular weight excluding hydrogens is 465 g/mol. The second-order valence-corrected chi connectivity index (χ2v) is 9.12. The van der Waals surface area contributed by atoms with Gasteiger partial charge in [-0.2, -0.15) is 0 Å². The number of nitrogens with zero attached hydrogens (tertiary/aromatic N) is 2. The van der Waals surface area contributed by atoms with Crippen molar-refractivity contribution in [2.24, 2.45) is 0 Å². The molecule has 0 spiro atoms. The fraction of sp³-hybridized carbons (Fsp3) is 0.444. The summed E-state index contributed by atoms with van der Waals surface area (Å²) < 4.78 is 76.4. The Bertz CT molecular complexity index is 1450. The number of hydrogen-bond donors (Lipinski definition) is 1. The van der Waals surface area contributed by atoms with E-state index < -0.39 is 48.8 Å². The molecule has 0 bridgehead atoms. The molecular formula is C27H30FN3O5. The van der Waals surface area contributed by atoms with Crippen molar-refractivity contribution in [2.45, 2.75) is 64.5 Å². The van der Waals surface area contributed by atoms with Gasteiger partial charge >= 0.3 is 0 Å². The van der Waals surface area contributed by atoms with Crippen LogP contribution in [-0.4, -0.2) is 58.9 Å². The van der Waals surface area contributed by atoms with Gasteiger partial charge in [-0.25, -0.2) is 4.39 Å². The predicted octanol–water partition coefficient (Wildman–Crippen LogP) is 2.77. The molecule has 0 saturated carbocycles. The minimum atomic E-state index is -3.26. The van der Waals surface area contributed by atoms with Crippen molar-refractivity contribution in [2.75, 3.05) is 13.1 Å². The van der Waals surface area contributed by atoms with Crippen molar-refractivity contribution in [3.63, 3.8) is 0 Å². The summed E-state index contributed by atoms with van der Waals surface area (Å²) in [6.45, 7) is 2.78. The van der Waals surface area contributed by atoms with E-state index in [4.69, 9.17) is 17.7 Å². The molecule has 0 aromatic heterocycles. The minimum Gasteiger partial charge on any atom is -0.488 e. The first-order valence-electron chi connectivity index (χ1n) is 14.7. The van der Waals surface area contributed by atoms with E-state index in [9.17, 15) is 14.4 Å². The number of benzene rings is 2. The van der Waals surface area contributed by atoms with Crippen molar-refractivity contribution >= 4 is 17.7 Å². The third-order valence-corrected chi connectivity index (χ3v) is 6.18. The average molecular weight is 502 g/mol. The van der Waals surface area contributed by atoms with E-state index in [0.29, 0.717) is 11.4 Å². The van der Waals surface area contributed by atoms with Crippen LogP contribution in [0.15, 0.2) is 36.4 Å². The Morgan fingerprint density at radius 3 is 2.69 bits per heavy atom. The molecule has 8 nitrogen and oxygen atoms in total. The zero-order valence-corrected chi connectivity index (χ0v) is 19.8. The number of carbonyl (C=O) groups is 3. The normalized spacial score (nSPS) is 31.2. The summed E-state index contributed by atoms with van der Waals surface area (Å²) in [6.07, 6.45) is -6.37. The third kappa shape index (κ3) is 4.99. The van der Waals surface area contributed by atoms with E-state index in [1.807, 2.05) is 13.8 Å².